The van der Waals surface area contributed by atoms with E-state index in [4.69, 9.17) is 4.74 Å². The fourth-order valence-corrected chi connectivity index (χ4v) is 2.55. The van der Waals surface area contributed by atoms with E-state index in [1.807, 2.05) is 0 Å². The minimum Gasteiger partial charge on any atom is -0.378 e. The number of rotatable bonds is 7. The lowest BCUT2D eigenvalue weighted by Gasteiger charge is -2.37. The minimum absolute atomic E-state index is 0.506. The molecule has 0 aliphatic carbocycles. The lowest BCUT2D eigenvalue weighted by atomic mass is 10.0. The Labute approximate surface area is 107 Å². The molecule has 3 nitrogen and oxygen atoms in total. The fraction of sp³-hybridized carbons (Fsp3) is 1.00. The molecule has 0 radical (unpaired) electrons. The zero-order valence-electron chi connectivity index (χ0n) is 12.0. The van der Waals surface area contributed by atoms with Gasteiger partial charge in [-0.05, 0) is 26.2 Å². The van der Waals surface area contributed by atoms with Crippen molar-refractivity contribution in [2.75, 3.05) is 26.2 Å². The molecule has 1 fully saturated rings. The second-order valence-corrected chi connectivity index (χ2v) is 5.32. The Kier molecular flexibility index (Phi) is 7.09. The molecule has 1 aliphatic heterocycles. The van der Waals surface area contributed by atoms with Gasteiger partial charge in [0.05, 0.1) is 6.10 Å². The van der Waals surface area contributed by atoms with Gasteiger partial charge >= 0.3 is 0 Å². The predicted octanol–water partition coefficient (Wildman–Crippen LogP) is 2.26. The second-order valence-electron chi connectivity index (χ2n) is 5.32. The number of nitrogens with zero attached hydrogens (tertiary/aromatic N) is 1. The molecule has 102 valence electrons. The molecular formula is C14H30N2O. The van der Waals surface area contributed by atoms with Crippen LogP contribution in [0.15, 0.2) is 0 Å². The third kappa shape index (κ3) is 5.36. The smallest absolute Gasteiger partial charge is 0.0599 e. The summed E-state index contributed by atoms with van der Waals surface area (Å²) in [5.74, 6) is 0. The van der Waals surface area contributed by atoms with Crippen molar-refractivity contribution in [1.82, 2.24) is 10.2 Å². The number of piperidine rings is 1. The first-order valence-corrected chi connectivity index (χ1v) is 7.26. The van der Waals surface area contributed by atoms with Gasteiger partial charge in [-0.1, -0.05) is 20.8 Å². The van der Waals surface area contributed by atoms with Crippen LogP contribution in [0, 0.1) is 0 Å². The maximum absolute atomic E-state index is 5.70. The summed E-state index contributed by atoms with van der Waals surface area (Å²) in [5.41, 5.74) is 0. The van der Waals surface area contributed by atoms with Gasteiger partial charge in [-0.3, -0.25) is 4.90 Å². The summed E-state index contributed by atoms with van der Waals surface area (Å²) in [4.78, 5) is 2.63. The van der Waals surface area contributed by atoms with Crippen molar-refractivity contribution in [2.24, 2.45) is 0 Å². The minimum atomic E-state index is 0.506. The molecule has 1 unspecified atom stereocenters. The van der Waals surface area contributed by atoms with E-state index in [0.717, 1.165) is 13.2 Å². The summed E-state index contributed by atoms with van der Waals surface area (Å²) in [7, 11) is 0. The van der Waals surface area contributed by atoms with Crippen LogP contribution in [0.4, 0.5) is 0 Å². The first-order valence-electron chi connectivity index (χ1n) is 7.26. The molecule has 1 heterocycles. The molecule has 0 aromatic heterocycles. The molecule has 17 heavy (non-hydrogen) atoms. The number of ether oxygens (including phenoxy) is 1. The predicted molar refractivity (Wildman–Crippen MR) is 73.4 cm³/mol. The molecule has 0 aromatic rings. The quantitative estimate of drug-likeness (QED) is 0.741. The van der Waals surface area contributed by atoms with Crippen molar-refractivity contribution in [3.63, 3.8) is 0 Å². The van der Waals surface area contributed by atoms with E-state index in [1.54, 1.807) is 0 Å². The summed E-state index contributed by atoms with van der Waals surface area (Å²) < 4.78 is 5.70. The third-order valence-corrected chi connectivity index (χ3v) is 3.63. The van der Waals surface area contributed by atoms with Crippen LogP contribution >= 0.6 is 0 Å². The SMILES string of the molecule is CCOC1CCN(C(CC)CNC(C)C)CC1. The van der Waals surface area contributed by atoms with E-state index < -0.39 is 0 Å². The normalized spacial score (nSPS) is 21.0. The van der Waals surface area contributed by atoms with E-state index in [0.29, 0.717) is 18.2 Å². The lowest BCUT2D eigenvalue weighted by molar-refractivity contribution is 0.00340. The maximum Gasteiger partial charge on any atom is 0.0599 e. The van der Waals surface area contributed by atoms with Crippen molar-refractivity contribution in [2.45, 2.75) is 65.1 Å². The van der Waals surface area contributed by atoms with E-state index in [9.17, 15) is 0 Å². The summed E-state index contributed by atoms with van der Waals surface area (Å²) in [6, 6.07) is 1.28. The molecular weight excluding hydrogens is 212 g/mol. The molecule has 1 N–H and O–H groups in total. The highest BCUT2D eigenvalue weighted by atomic mass is 16.5. The molecule has 1 atom stereocenters. The summed E-state index contributed by atoms with van der Waals surface area (Å²) in [6.45, 7) is 13.2. The molecule has 0 saturated carbocycles. The van der Waals surface area contributed by atoms with Crippen LogP contribution in [-0.4, -0.2) is 49.3 Å². The van der Waals surface area contributed by atoms with Gasteiger partial charge in [0.15, 0.2) is 0 Å². The van der Waals surface area contributed by atoms with E-state index in [1.165, 1.54) is 32.4 Å². The van der Waals surface area contributed by atoms with Crippen molar-refractivity contribution >= 4 is 0 Å². The van der Waals surface area contributed by atoms with E-state index in [2.05, 4.69) is 37.9 Å². The number of nitrogens with one attached hydrogen (secondary N) is 1. The maximum atomic E-state index is 5.70. The molecule has 1 saturated heterocycles. The van der Waals surface area contributed by atoms with Gasteiger partial charge in [0.25, 0.3) is 0 Å². The molecule has 0 amide bonds. The molecule has 0 bridgehead atoms. The zero-order valence-corrected chi connectivity index (χ0v) is 12.0. The number of likely N-dealkylation sites (tertiary alicyclic amines) is 1. The van der Waals surface area contributed by atoms with Gasteiger partial charge in [-0.2, -0.15) is 0 Å². The molecule has 0 spiro atoms. The van der Waals surface area contributed by atoms with Crippen LogP contribution in [0.1, 0.15) is 47.0 Å². The lowest BCUT2D eigenvalue weighted by Crippen LogP contribution is -2.48. The fourth-order valence-electron chi connectivity index (χ4n) is 2.55. The highest BCUT2D eigenvalue weighted by Gasteiger charge is 2.24. The Bertz CT molecular complexity index is 189. The van der Waals surface area contributed by atoms with Crippen molar-refractivity contribution in [3.05, 3.63) is 0 Å². The van der Waals surface area contributed by atoms with Crippen LogP contribution in [0.5, 0.6) is 0 Å². The molecule has 0 aromatic carbocycles. The van der Waals surface area contributed by atoms with Gasteiger partial charge in [0, 0.05) is 38.3 Å². The van der Waals surface area contributed by atoms with Gasteiger partial charge < -0.3 is 10.1 Å². The van der Waals surface area contributed by atoms with Crippen LogP contribution in [-0.2, 0) is 4.74 Å². The van der Waals surface area contributed by atoms with Crippen molar-refractivity contribution in [3.8, 4) is 0 Å². The molecule has 3 heteroatoms. The summed E-state index contributed by atoms with van der Waals surface area (Å²) in [5, 5.41) is 3.56. The summed E-state index contributed by atoms with van der Waals surface area (Å²) >= 11 is 0. The van der Waals surface area contributed by atoms with E-state index in [-0.39, 0.29) is 0 Å². The molecule has 1 rings (SSSR count). The Morgan fingerprint density at radius 3 is 2.35 bits per heavy atom. The first-order chi connectivity index (χ1) is 8.17. The Morgan fingerprint density at radius 2 is 1.88 bits per heavy atom. The van der Waals surface area contributed by atoms with E-state index >= 15 is 0 Å². The topological polar surface area (TPSA) is 24.5 Å². The Balaban J connectivity index is 2.29. The summed E-state index contributed by atoms with van der Waals surface area (Å²) in [6.07, 6.45) is 4.14. The second kappa shape index (κ2) is 8.06. The average Bonchev–Trinajstić information content (AvgIpc) is 2.32. The monoisotopic (exact) mass is 242 g/mol. The van der Waals surface area contributed by atoms with Crippen LogP contribution < -0.4 is 5.32 Å². The van der Waals surface area contributed by atoms with Crippen molar-refractivity contribution < 1.29 is 4.74 Å². The van der Waals surface area contributed by atoms with Crippen LogP contribution in [0.25, 0.3) is 0 Å². The van der Waals surface area contributed by atoms with Crippen LogP contribution in [0.3, 0.4) is 0 Å². The van der Waals surface area contributed by atoms with Crippen molar-refractivity contribution in [1.29, 1.82) is 0 Å². The molecule has 1 aliphatic rings. The van der Waals surface area contributed by atoms with Gasteiger partial charge in [0.1, 0.15) is 0 Å². The largest absolute Gasteiger partial charge is 0.378 e. The van der Waals surface area contributed by atoms with Gasteiger partial charge in [0.2, 0.25) is 0 Å². The Morgan fingerprint density at radius 1 is 1.24 bits per heavy atom. The Hall–Kier alpha value is -0.120. The van der Waals surface area contributed by atoms with Gasteiger partial charge in [-0.15, -0.1) is 0 Å². The number of hydrogen-bond donors (Lipinski definition) is 1. The third-order valence-electron chi connectivity index (χ3n) is 3.63. The highest BCUT2D eigenvalue weighted by Crippen LogP contribution is 2.17. The standard InChI is InChI=1S/C14H30N2O/c1-5-13(11-15-12(3)4)16-9-7-14(8-10-16)17-6-2/h12-15H,5-11H2,1-4H3. The average molecular weight is 242 g/mol. The highest BCUT2D eigenvalue weighted by molar-refractivity contribution is 4.80. The first kappa shape index (κ1) is 14.9. The van der Waals surface area contributed by atoms with Gasteiger partial charge in [-0.25, -0.2) is 0 Å². The zero-order chi connectivity index (χ0) is 12.7. The number of hydrogen-bond acceptors (Lipinski definition) is 3. The van der Waals surface area contributed by atoms with Crippen LogP contribution in [0.2, 0.25) is 0 Å².